The Labute approximate surface area is 115 Å². The highest BCUT2D eigenvalue weighted by Crippen LogP contribution is 2.31. The smallest absolute Gasteiger partial charge is 0.224 e. The molecule has 20 heavy (non-hydrogen) atoms. The van der Waals surface area contributed by atoms with Crippen molar-refractivity contribution in [1.29, 1.82) is 0 Å². The monoisotopic (exact) mass is 270 g/mol. The maximum Gasteiger partial charge on any atom is 0.224 e. The van der Waals surface area contributed by atoms with Gasteiger partial charge in [0.1, 0.15) is 17.3 Å². The van der Waals surface area contributed by atoms with E-state index in [0.29, 0.717) is 16.9 Å². The van der Waals surface area contributed by atoms with E-state index in [0.717, 1.165) is 17.0 Å². The molecule has 1 aromatic carbocycles. The van der Waals surface area contributed by atoms with Crippen LogP contribution in [-0.2, 0) is 7.05 Å². The largest absolute Gasteiger partial charge is 0.497 e. The quantitative estimate of drug-likeness (QED) is 0.725. The van der Waals surface area contributed by atoms with E-state index < -0.39 is 0 Å². The number of ether oxygens (including phenoxy) is 1. The van der Waals surface area contributed by atoms with Gasteiger partial charge in [-0.2, -0.15) is 15.1 Å². The van der Waals surface area contributed by atoms with Crippen LogP contribution in [0.15, 0.2) is 24.3 Å². The van der Waals surface area contributed by atoms with Gasteiger partial charge in [-0.15, -0.1) is 0 Å². The summed E-state index contributed by atoms with van der Waals surface area (Å²) in [5.74, 6) is 1.24. The van der Waals surface area contributed by atoms with E-state index in [9.17, 15) is 0 Å². The van der Waals surface area contributed by atoms with Crippen LogP contribution in [0.1, 0.15) is 0 Å². The summed E-state index contributed by atoms with van der Waals surface area (Å²) in [5, 5.41) is 5.16. The fourth-order valence-corrected chi connectivity index (χ4v) is 2.14. The fraction of sp³-hybridized carbons (Fsp3) is 0.154. The van der Waals surface area contributed by atoms with Crippen LogP contribution in [0.25, 0.3) is 22.3 Å². The van der Waals surface area contributed by atoms with Gasteiger partial charge in [-0.25, -0.2) is 4.68 Å². The molecule has 0 saturated heterocycles. The molecule has 3 rings (SSSR count). The number of hydrogen-bond acceptors (Lipinski definition) is 6. The summed E-state index contributed by atoms with van der Waals surface area (Å²) in [4.78, 5) is 8.18. The summed E-state index contributed by atoms with van der Waals surface area (Å²) in [6, 6.07) is 7.56. The van der Waals surface area contributed by atoms with Crippen LogP contribution < -0.4 is 16.2 Å². The molecule has 7 heteroatoms. The average molecular weight is 270 g/mol. The number of hydrogen-bond donors (Lipinski definition) is 2. The van der Waals surface area contributed by atoms with Gasteiger partial charge in [-0.05, 0) is 24.3 Å². The lowest BCUT2D eigenvalue weighted by molar-refractivity contribution is 0.415. The standard InChI is InChI=1S/C13H14N6O/c1-19-12-9(11(14)16-13(15)17-12)10(18-19)7-3-5-8(20-2)6-4-7/h3-6H,1-2H3,(H4,14,15,16,17). The topological polar surface area (TPSA) is 105 Å². The van der Waals surface area contributed by atoms with Crippen molar-refractivity contribution in [2.75, 3.05) is 18.6 Å². The molecule has 0 aliphatic carbocycles. The summed E-state index contributed by atoms with van der Waals surface area (Å²) in [5.41, 5.74) is 13.8. The highest BCUT2D eigenvalue weighted by Gasteiger charge is 2.16. The summed E-state index contributed by atoms with van der Waals surface area (Å²) in [6.07, 6.45) is 0. The number of fused-ring (bicyclic) bond motifs is 1. The zero-order valence-corrected chi connectivity index (χ0v) is 11.2. The third kappa shape index (κ3) is 1.80. The highest BCUT2D eigenvalue weighted by atomic mass is 16.5. The van der Waals surface area contributed by atoms with Crippen molar-refractivity contribution in [3.8, 4) is 17.0 Å². The third-order valence-electron chi connectivity index (χ3n) is 3.09. The van der Waals surface area contributed by atoms with E-state index in [1.165, 1.54) is 0 Å². The molecule has 0 unspecified atom stereocenters. The van der Waals surface area contributed by atoms with E-state index in [-0.39, 0.29) is 5.95 Å². The van der Waals surface area contributed by atoms with Crippen molar-refractivity contribution in [2.24, 2.45) is 7.05 Å². The predicted molar refractivity (Wildman–Crippen MR) is 77.1 cm³/mol. The third-order valence-corrected chi connectivity index (χ3v) is 3.09. The molecule has 0 radical (unpaired) electrons. The molecular formula is C13H14N6O. The van der Waals surface area contributed by atoms with Crippen LogP contribution in [-0.4, -0.2) is 26.9 Å². The summed E-state index contributed by atoms with van der Waals surface area (Å²) in [6.45, 7) is 0. The molecule has 0 aliphatic heterocycles. The second-order valence-corrected chi connectivity index (χ2v) is 4.37. The minimum Gasteiger partial charge on any atom is -0.497 e. The van der Waals surface area contributed by atoms with Crippen LogP contribution in [0, 0.1) is 0 Å². The molecule has 102 valence electrons. The number of rotatable bonds is 2. The summed E-state index contributed by atoms with van der Waals surface area (Å²) in [7, 11) is 3.42. The molecule has 0 spiro atoms. The van der Waals surface area contributed by atoms with Gasteiger partial charge in [-0.1, -0.05) is 0 Å². The number of benzene rings is 1. The van der Waals surface area contributed by atoms with E-state index in [1.807, 2.05) is 24.3 Å². The molecule has 7 nitrogen and oxygen atoms in total. The fourth-order valence-electron chi connectivity index (χ4n) is 2.14. The first-order chi connectivity index (χ1) is 9.60. The van der Waals surface area contributed by atoms with Crippen LogP contribution in [0.4, 0.5) is 11.8 Å². The summed E-state index contributed by atoms with van der Waals surface area (Å²) >= 11 is 0. The van der Waals surface area contributed by atoms with Crippen LogP contribution in [0.2, 0.25) is 0 Å². The Kier molecular flexibility index (Phi) is 2.67. The zero-order valence-electron chi connectivity index (χ0n) is 11.2. The number of nitrogens with zero attached hydrogens (tertiary/aromatic N) is 4. The van der Waals surface area contributed by atoms with Gasteiger partial charge in [0.05, 0.1) is 12.5 Å². The normalized spacial score (nSPS) is 10.9. The van der Waals surface area contributed by atoms with E-state index in [2.05, 4.69) is 15.1 Å². The Morgan fingerprint density at radius 3 is 2.45 bits per heavy atom. The molecule has 0 saturated carbocycles. The maximum atomic E-state index is 5.96. The number of methoxy groups -OCH3 is 1. The summed E-state index contributed by atoms with van der Waals surface area (Å²) < 4.78 is 6.79. The van der Waals surface area contributed by atoms with Crippen molar-refractivity contribution >= 4 is 22.8 Å². The Bertz CT molecular complexity index is 778. The molecule has 0 bridgehead atoms. The number of anilines is 2. The zero-order chi connectivity index (χ0) is 14.3. The number of aromatic nitrogens is 4. The maximum absolute atomic E-state index is 5.96. The van der Waals surface area contributed by atoms with Crippen molar-refractivity contribution in [2.45, 2.75) is 0 Å². The molecule has 2 aromatic heterocycles. The van der Waals surface area contributed by atoms with Crippen molar-refractivity contribution < 1.29 is 4.74 Å². The van der Waals surface area contributed by atoms with Crippen molar-refractivity contribution in [3.63, 3.8) is 0 Å². The Morgan fingerprint density at radius 2 is 1.80 bits per heavy atom. The first-order valence-electron chi connectivity index (χ1n) is 6.00. The van der Waals surface area contributed by atoms with Gasteiger partial charge >= 0.3 is 0 Å². The number of nitrogen functional groups attached to an aromatic ring is 2. The Hall–Kier alpha value is -2.83. The number of nitrogens with two attached hydrogens (primary N) is 2. The van der Waals surface area contributed by atoms with E-state index in [4.69, 9.17) is 16.2 Å². The Balaban J connectivity index is 2.25. The second kappa shape index (κ2) is 4.37. The van der Waals surface area contributed by atoms with Crippen molar-refractivity contribution in [3.05, 3.63) is 24.3 Å². The van der Waals surface area contributed by atoms with Crippen LogP contribution in [0.5, 0.6) is 5.75 Å². The minimum atomic E-state index is 0.138. The van der Waals surface area contributed by atoms with E-state index in [1.54, 1.807) is 18.8 Å². The van der Waals surface area contributed by atoms with Crippen LogP contribution in [0.3, 0.4) is 0 Å². The van der Waals surface area contributed by atoms with Gasteiger partial charge in [0.25, 0.3) is 0 Å². The van der Waals surface area contributed by atoms with Gasteiger partial charge in [-0.3, -0.25) is 0 Å². The average Bonchev–Trinajstić information content (AvgIpc) is 2.77. The molecule has 4 N–H and O–H groups in total. The molecule has 3 aromatic rings. The molecule has 0 amide bonds. The first-order valence-corrected chi connectivity index (χ1v) is 6.00. The highest BCUT2D eigenvalue weighted by molar-refractivity contribution is 5.98. The number of aryl methyl sites for hydroxylation is 1. The van der Waals surface area contributed by atoms with Crippen molar-refractivity contribution in [1.82, 2.24) is 19.7 Å². The second-order valence-electron chi connectivity index (χ2n) is 4.37. The lowest BCUT2D eigenvalue weighted by Crippen LogP contribution is -2.01. The van der Waals surface area contributed by atoms with Crippen LogP contribution >= 0.6 is 0 Å². The van der Waals surface area contributed by atoms with Gasteiger partial charge in [0.2, 0.25) is 5.95 Å². The van der Waals surface area contributed by atoms with Gasteiger partial charge in [0, 0.05) is 12.6 Å². The first kappa shape index (κ1) is 12.2. The van der Waals surface area contributed by atoms with E-state index >= 15 is 0 Å². The predicted octanol–water partition coefficient (Wildman–Crippen LogP) is 1.20. The minimum absolute atomic E-state index is 0.138. The Morgan fingerprint density at radius 1 is 1.10 bits per heavy atom. The lowest BCUT2D eigenvalue weighted by atomic mass is 10.1. The molecular weight excluding hydrogens is 256 g/mol. The molecule has 0 fully saturated rings. The van der Waals surface area contributed by atoms with Gasteiger partial charge in [0.15, 0.2) is 5.65 Å². The molecule has 2 heterocycles. The SMILES string of the molecule is COc1ccc(-c2nn(C)c3nc(N)nc(N)c23)cc1. The van der Waals surface area contributed by atoms with Gasteiger partial charge < -0.3 is 16.2 Å². The lowest BCUT2D eigenvalue weighted by Gasteiger charge is -2.02. The molecule has 0 aliphatic rings. The molecule has 0 atom stereocenters.